The molecule has 0 aromatic heterocycles. The van der Waals surface area contributed by atoms with E-state index in [1.54, 1.807) is 0 Å². The van der Waals surface area contributed by atoms with Crippen molar-refractivity contribution in [3.8, 4) is 28.7 Å². The van der Waals surface area contributed by atoms with E-state index < -0.39 is 29.8 Å². The van der Waals surface area contributed by atoms with Crippen LogP contribution in [0.3, 0.4) is 0 Å². The predicted molar refractivity (Wildman–Crippen MR) is 121 cm³/mol. The first-order valence-electron chi connectivity index (χ1n) is 9.57. The van der Waals surface area contributed by atoms with Crippen LogP contribution in [0.5, 0.6) is 28.7 Å². The van der Waals surface area contributed by atoms with Crippen LogP contribution in [0.2, 0.25) is 0 Å². The zero-order chi connectivity index (χ0) is 26.0. The van der Waals surface area contributed by atoms with E-state index >= 15 is 0 Å². The van der Waals surface area contributed by atoms with Crippen LogP contribution in [0, 0.1) is 0 Å². The Hall–Kier alpha value is -5.25. The molecule has 0 atom stereocenters. The van der Waals surface area contributed by atoms with Crippen LogP contribution in [0.15, 0.2) is 87.0 Å². The van der Waals surface area contributed by atoms with Crippen molar-refractivity contribution in [2.45, 2.75) is 0 Å². The molecule has 10 heteroatoms. The molecular formula is C25H18O10. The van der Waals surface area contributed by atoms with Crippen LogP contribution in [0.25, 0.3) is 0 Å². The van der Waals surface area contributed by atoms with Gasteiger partial charge in [0.1, 0.15) is 17.2 Å². The maximum atomic E-state index is 12.8. The Morgan fingerprint density at radius 2 is 0.971 bits per heavy atom. The maximum Gasteiger partial charge on any atom is 0.343 e. The minimum Gasteiger partial charge on any atom is -0.423 e. The van der Waals surface area contributed by atoms with E-state index in [4.69, 9.17) is 23.7 Å². The van der Waals surface area contributed by atoms with Gasteiger partial charge in [-0.2, -0.15) is 0 Å². The average Bonchev–Trinajstić information content (AvgIpc) is 2.84. The summed E-state index contributed by atoms with van der Waals surface area (Å²) < 4.78 is 25.3. The van der Waals surface area contributed by atoms with Crippen LogP contribution in [0.4, 0.5) is 0 Å². The Balaban J connectivity index is 2.43. The van der Waals surface area contributed by atoms with Gasteiger partial charge in [-0.05, 0) is 24.3 Å². The number of carbonyl (C=O) groups is 5. The molecule has 2 aromatic carbocycles. The van der Waals surface area contributed by atoms with Crippen LogP contribution in [0.1, 0.15) is 10.4 Å². The van der Waals surface area contributed by atoms with E-state index in [2.05, 4.69) is 26.3 Å². The SMILES string of the molecule is C=CC(=O)Oc1cc(OC(=O)C=C)cc(C(=O)Oc2ccc(OC(=O)C=C)cc2OC(=O)C=C)c1. The molecule has 0 spiro atoms. The Labute approximate surface area is 199 Å². The molecule has 2 aromatic rings. The molecule has 0 amide bonds. The standard InChI is InChI=1S/C25H18O10/c1-5-21(26)31-16-9-10-19(20(14-16)34-24(29)8-4)35-25(30)15-11-17(32-22(27)6-2)13-18(12-15)33-23(28)7-3/h5-14H,1-4H2. The number of hydrogen-bond donors (Lipinski definition) is 0. The van der Waals surface area contributed by atoms with Crippen molar-refractivity contribution in [2.24, 2.45) is 0 Å². The molecule has 178 valence electrons. The third-order valence-electron chi connectivity index (χ3n) is 3.77. The van der Waals surface area contributed by atoms with Crippen molar-refractivity contribution in [2.75, 3.05) is 0 Å². The highest BCUT2D eigenvalue weighted by atomic mass is 16.6. The molecule has 0 fully saturated rings. The monoisotopic (exact) mass is 478 g/mol. The summed E-state index contributed by atoms with van der Waals surface area (Å²) in [4.78, 5) is 59.1. The summed E-state index contributed by atoms with van der Waals surface area (Å²) in [5.41, 5.74) is -0.200. The number of rotatable bonds is 10. The second-order valence-electron chi connectivity index (χ2n) is 6.19. The van der Waals surface area contributed by atoms with Gasteiger partial charge in [0.25, 0.3) is 0 Å². The topological polar surface area (TPSA) is 132 Å². The van der Waals surface area contributed by atoms with Crippen molar-refractivity contribution in [1.29, 1.82) is 0 Å². The summed E-state index contributed by atoms with van der Waals surface area (Å²) in [6.45, 7) is 13.1. The molecule has 0 aliphatic rings. The number of carbonyl (C=O) groups excluding carboxylic acids is 5. The first-order valence-corrected chi connectivity index (χ1v) is 9.57. The minimum absolute atomic E-state index is 0.0291. The van der Waals surface area contributed by atoms with Gasteiger partial charge in [0.2, 0.25) is 0 Å². The van der Waals surface area contributed by atoms with Crippen molar-refractivity contribution in [1.82, 2.24) is 0 Å². The van der Waals surface area contributed by atoms with Crippen LogP contribution in [-0.4, -0.2) is 29.8 Å². The van der Waals surface area contributed by atoms with Gasteiger partial charge < -0.3 is 23.7 Å². The highest BCUT2D eigenvalue weighted by Crippen LogP contribution is 2.33. The highest BCUT2D eigenvalue weighted by molar-refractivity contribution is 5.94. The lowest BCUT2D eigenvalue weighted by Crippen LogP contribution is -2.13. The van der Waals surface area contributed by atoms with Gasteiger partial charge in [-0.1, -0.05) is 26.3 Å². The fourth-order valence-electron chi connectivity index (χ4n) is 2.31. The van der Waals surface area contributed by atoms with Gasteiger partial charge in [0.15, 0.2) is 11.5 Å². The summed E-state index contributed by atoms with van der Waals surface area (Å²) in [5.74, 6) is -5.17. The summed E-state index contributed by atoms with van der Waals surface area (Å²) in [6.07, 6.45) is 3.57. The van der Waals surface area contributed by atoms with Gasteiger partial charge >= 0.3 is 29.8 Å². The largest absolute Gasteiger partial charge is 0.423 e. The van der Waals surface area contributed by atoms with Crippen LogP contribution >= 0.6 is 0 Å². The molecule has 0 unspecified atom stereocenters. The summed E-state index contributed by atoms with van der Waals surface area (Å²) >= 11 is 0. The van der Waals surface area contributed by atoms with E-state index in [-0.39, 0.29) is 34.3 Å². The van der Waals surface area contributed by atoms with Crippen LogP contribution < -0.4 is 23.7 Å². The fraction of sp³-hybridized carbons (Fsp3) is 0. The second kappa shape index (κ2) is 12.1. The zero-order valence-electron chi connectivity index (χ0n) is 18.2. The number of benzene rings is 2. The van der Waals surface area contributed by atoms with Crippen molar-refractivity contribution in [3.05, 3.63) is 92.6 Å². The molecule has 0 saturated carbocycles. The van der Waals surface area contributed by atoms with Crippen molar-refractivity contribution >= 4 is 29.8 Å². The molecule has 0 N–H and O–H groups in total. The third-order valence-corrected chi connectivity index (χ3v) is 3.77. The Morgan fingerprint density at radius 1 is 0.514 bits per heavy atom. The Bertz CT molecular complexity index is 1200. The molecule has 0 radical (unpaired) electrons. The van der Waals surface area contributed by atoms with Gasteiger partial charge in [0, 0.05) is 36.4 Å². The van der Waals surface area contributed by atoms with Gasteiger partial charge in [-0.3, -0.25) is 0 Å². The van der Waals surface area contributed by atoms with Crippen molar-refractivity contribution in [3.63, 3.8) is 0 Å². The van der Waals surface area contributed by atoms with Gasteiger partial charge in [0.05, 0.1) is 5.56 Å². The molecular weight excluding hydrogens is 460 g/mol. The molecule has 0 aliphatic heterocycles. The maximum absolute atomic E-state index is 12.8. The first kappa shape index (κ1) is 26.0. The van der Waals surface area contributed by atoms with Crippen molar-refractivity contribution < 1.29 is 47.7 Å². The molecule has 35 heavy (non-hydrogen) atoms. The lowest BCUT2D eigenvalue weighted by molar-refractivity contribution is -0.130. The fourth-order valence-corrected chi connectivity index (χ4v) is 2.31. The van der Waals surface area contributed by atoms with E-state index in [0.717, 1.165) is 42.5 Å². The zero-order valence-corrected chi connectivity index (χ0v) is 18.2. The molecule has 10 nitrogen and oxygen atoms in total. The van der Waals surface area contributed by atoms with Gasteiger partial charge in [-0.15, -0.1) is 0 Å². The molecule has 0 bridgehead atoms. The lowest BCUT2D eigenvalue weighted by atomic mass is 10.2. The summed E-state index contributed by atoms with van der Waals surface area (Å²) in [5, 5.41) is 0. The van der Waals surface area contributed by atoms with E-state index in [0.29, 0.717) is 0 Å². The average molecular weight is 478 g/mol. The molecule has 0 aliphatic carbocycles. The smallest absolute Gasteiger partial charge is 0.343 e. The Morgan fingerprint density at radius 3 is 1.46 bits per heavy atom. The van der Waals surface area contributed by atoms with Gasteiger partial charge in [-0.25, -0.2) is 24.0 Å². The highest BCUT2D eigenvalue weighted by Gasteiger charge is 2.19. The minimum atomic E-state index is -1.01. The van der Waals surface area contributed by atoms with E-state index in [1.807, 2.05) is 0 Å². The molecule has 0 saturated heterocycles. The quantitative estimate of drug-likeness (QED) is 0.285. The lowest BCUT2D eigenvalue weighted by Gasteiger charge is -2.12. The predicted octanol–water partition coefficient (Wildman–Crippen LogP) is 3.27. The summed E-state index contributed by atoms with van der Waals surface area (Å²) in [6, 6.07) is 7.07. The number of hydrogen-bond acceptors (Lipinski definition) is 10. The van der Waals surface area contributed by atoms with Crippen LogP contribution in [-0.2, 0) is 19.2 Å². The molecule has 2 rings (SSSR count). The summed E-state index contributed by atoms with van der Waals surface area (Å²) in [7, 11) is 0. The Kier molecular flexibility index (Phi) is 9.00. The number of esters is 5. The third kappa shape index (κ3) is 7.68. The first-order chi connectivity index (χ1) is 16.7. The second-order valence-corrected chi connectivity index (χ2v) is 6.19. The van der Waals surface area contributed by atoms with E-state index in [1.165, 1.54) is 18.2 Å². The number of ether oxygens (including phenoxy) is 5. The van der Waals surface area contributed by atoms with E-state index in [9.17, 15) is 24.0 Å². The molecule has 0 heterocycles. The normalized spacial score (nSPS) is 9.60.